The number of benzene rings is 3. The van der Waals surface area contributed by atoms with Crippen LogP contribution in [0.3, 0.4) is 0 Å². The summed E-state index contributed by atoms with van der Waals surface area (Å²) in [6.07, 6.45) is -1.22. The van der Waals surface area contributed by atoms with Crippen LogP contribution in [0.5, 0.6) is 0 Å². The van der Waals surface area contributed by atoms with Crippen LogP contribution in [0.25, 0.3) is 0 Å². The first-order chi connectivity index (χ1) is 16.6. The Balaban J connectivity index is 1.57. The van der Waals surface area contributed by atoms with E-state index in [1.54, 1.807) is 48.5 Å². The van der Waals surface area contributed by atoms with Gasteiger partial charge in [0.2, 0.25) is 6.10 Å². The summed E-state index contributed by atoms with van der Waals surface area (Å²) < 4.78 is 32.6. The van der Waals surface area contributed by atoms with E-state index in [0.717, 1.165) is 11.1 Å². The molecule has 0 spiro atoms. The third kappa shape index (κ3) is 5.41. The van der Waals surface area contributed by atoms with Crippen LogP contribution in [-0.4, -0.2) is 32.2 Å². The smallest absolute Gasteiger partial charge is 0.331 e. The van der Waals surface area contributed by atoms with Gasteiger partial charge in [0.15, 0.2) is 0 Å². The van der Waals surface area contributed by atoms with E-state index in [1.165, 1.54) is 13.0 Å². The first-order valence-electron chi connectivity index (χ1n) is 11.0. The number of aliphatic imine (C=N–C) groups is 1. The van der Waals surface area contributed by atoms with Gasteiger partial charge >= 0.3 is 5.97 Å². The molecule has 0 aliphatic carbocycles. The number of nitrogens with zero attached hydrogens (tertiary/aromatic N) is 1. The lowest BCUT2D eigenvalue weighted by Gasteiger charge is -2.20. The van der Waals surface area contributed by atoms with Gasteiger partial charge in [0.25, 0.3) is 15.9 Å². The highest BCUT2D eigenvalue weighted by atomic mass is 32.2. The molecule has 3 aromatic rings. The fraction of sp³-hybridized carbons (Fsp3) is 0.192. The second-order valence-corrected chi connectivity index (χ2v) is 10.00. The van der Waals surface area contributed by atoms with Crippen molar-refractivity contribution in [2.75, 3.05) is 5.32 Å². The third-order valence-corrected chi connectivity index (χ3v) is 6.79. The first-order valence-corrected chi connectivity index (χ1v) is 12.5. The maximum atomic E-state index is 13.2. The molecule has 3 aromatic carbocycles. The van der Waals surface area contributed by atoms with Gasteiger partial charge in [-0.25, -0.2) is 13.2 Å². The molecule has 1 heterocycles. The van der Waals surface area contributed by atoms with Gasteiger partial charge in [-0.05, 0) is 56.2 Å². The van der Waals surface area contributed by atoms with E-state index < -0.39 is 34.0 Å². The maximum Gasteiger partial charge on any atom is 0.331 e. The Hall–Kier alpha value is -3.98. The van der Waals surface area contributed by atoms with Gasteiger partial charge in [0.05, 0.1) is 4.90 Å². The van der Waals surface area contributed by atoms with Crippen molar-refractivity contribution in [3.05, 3.63) is 95.1 Å². The number of aryl methyl sites for hydroxylation is 2. The highest BCUT2D eigenvalue weighted by molar-refractivity contribution is 7.90. The van der Waals surface area contributed by atoms with Gasteiger partial charge in [-0.3, -0.25) is 14.5 Å². The Bertz CT molecular complexity index is 1400. The average Bonchev–Trinajstić information content (AvgIpc) is 3.07. The number of anilines is 1. The number of amides is 1. The summed E-state index contributed by atoms with van der Waals surface area (Å²) in [4.78, 5) is 30.5. The lowest BCUT2D eigenvalue weighted by molar-refractivity contribution is -0.155. The van der Waals surface area contributed by atoms with Crippen molar-refractivity contribution in [2.45, 2.75) is 37.8 Å². The molecule has 0 saturated heterocycles. The van der Waals surface area contributed by atoms with Crippen LogP contribution in [-0.2, 0) is 24.3 Å². The summed E-state index contributed by atoms with van der Waals surface area (Å²) in [6, 6.07) is 19.6. The van der Waals surface area contributed by atoms with Crippen molar-refractivity contribution in [1.29, 1.82) is 0 Å². The molecule has 1 aliphatic rings. The largest absolute Gasteiger partial charge is 0.446 e. The molecule has 0 saturated carbocycles. The number of sulfonamides is 1. The zero-order chi connectivity index (χ0) is 25.2. The third-order valence-electron chi connectivity index (χ3n) is 5.39. The molecule has 1 aliphatic heterocycles. The predicted molar refractivity (Wildman–Crippen MR) is 133 cm³/mol. The Kier molecular flexibility index (Phi) is 6.70. The minimum absolute atomic E-state index is 0.0565. The molecule has 0 radical (unpaired) electrons. The Morgan fingerprint density at radius 1 is 0.943 bits per heavy atom. The second-order valence-electron chi connectivity index (χ2n) is 8.35. The molecule has 35 heavy (non-hydrogen) atoms. The van der Waals surface area contributed by atoms with Crippen molar-refractivity contribution in [1.82, 2.24) is 4.72 Å². The first kappa shape index (κ1) is 24.2. The van der Waals surface area contributed by atoms with E-state index in [0.29, 0.717) is 16.8 Å². The number of nitrogens with one attached hydrogen (secondary N) is 2. The van der Waals surface area contributed by atoms with Crippen molar-refractivity contribution in [3.63, 3.8) is 0 Å². The minimum Gasteiger partial charge on any atom is -0.446 e. The summed E-state index contributed by atoms with van der Waals surface area (Å²) in [7, 11) is -3.74. The van der Waals surface area contributed by atoms with E-state index in [9.17, 15) is 18.0 Å². The van der Waals surface area contributed by atoms with Crippen molar-refractivity contribution >= 4 is 33.4 Å². The van der Waals surface area contributed by atoms with Crippen LogP contribution in [0.1, 0.15) is 35.3 Å². The summed E-state index contributed by atoms with van der Waals surface area (Å²) in [5.41, 5.74) is 3.43. The highest BCUT2D eigenvalue weighted by Crippen LogP contribution is 2.25. The lowest BCUT2D eigenvalue weighted by atomic mass is 10.1. The van der Waals surface area contributed by atoms with E-state index in [4.69, 9.17) is 4.74 Å². The second kappa shape index (κ2) is 9.71. The van der Waals surface area contributed by atoms with Crippen LogP contribution in [0, 0.1) is 13.8 Å². The number of carbonyl (C=O) groups is 2. The average molecular weight is 492 g/mol. The molecule has 0 aromatic heterocycles. The molecular weight excluding hydrogens is 466 g/mol. The predicted octanol–water partition coefficient (Wildman–Crippen LogP) is 3.65. The zero-order valence-corrected chi connectivity index (χ0v) is 20.3. The number of ether oxygens (including phenoxy) is 1. The number of hydrogen-bond donors (Lipinski definition) is 2. The van der Waals surface area contributed by atoms with E-state index >= 15 is 0 Å². The minimum atomic E-state index is -3.74. The number of hydrogen-bond acceptors (Lipinski definition) is 6. The SMILES string of the molecule is Cc1cc(C)cc(NC(=O)[C@@H](OC(=O)[C@H](C)N=C2NS(=O)(=O)c3ccccc32)c2ccccc2)c1. The van der Waals surface area contributed by atoms with Crippen molar-refractivity contribution < 1.29 is 22.7 Å². The van der Waals surface area contributed by atoms with E-state index in [-0.39, 0.29) is 10.7 Å². The van der Waals surface area contributed by atoms with E-state index in [1.807, 2.05) is 32.0 Å². The van der Waals surface area contributed by atoms with Gasteiger partial charge in [-0.15, -0.1) is 0 Å². The molecular formula is C26H25N3O5S. The van der Waals surface area contributed by atoms with Crippen LogP contribution < -0.4 is 10.0 Å². The van der Waals surface area contributed by atoms with Gasteiger partial charge < -0.3 is 10.1 Å². The quantitative estimate of drug-likeness (QED) is 0.511. The molecule has 0 bridgehead atoms. The topological polar surface area (TPSA) is 114 Å². The van der Waals surface area contributed by atoms with Gasteiger partial charge in [0.1, 0.15) is 11.9 Å². The van der Waals surface area contributed by atoms with Crippen molar-refractivity contribution in [2.24, 2.45) is 4.99 Å². The summed E-state index contributed by atoms with van der Waals surface area (Å²) >= 11 is 0. The molecule has 8 nitrogen and oxygen atoms in total. The van der Waals surface area contributed by atoms with Crippen LogP contribution in [0.2, 0.25) is 0 Å². The van der Waals surface area contributed by atoms with Gasteiger partial charge in [0, 0.05) is 16.8 Å². The number of esters is 1. The highest BCUT2D eigenvalue weighted by Gasteiger charge is 2.32. The van der Waals surface area contributed by atoms with Crippen LogP contribution in [0.4, 0.5) is 5.69 Å². The summed E-state index contributed by atoms with van der Waals surface area (Å²) in [6.45, 7) is 5.33. The summed E-state index contributed by atoms with van der Waals surface area (Å²) in [5, 5.41) is 2.82. The molecule has 180 valence electrons. The molecule has 1 amide bonds. The number of rotatable bonds is 6. The molecule has 2 atom stereocenters. The van der Waals surface area contributed by atoms with Crippen molar-refractivity contribution in [3.8, 4) is 0 Å². The Morgan fingerprint density at radius 2 is 1.57 bits per heavy atom. The molecule has 2 N–H and O–H groups in total. The molecule has 0 unspecified atom stereocenters. The summed E-state index contributed by atoms with van der Waals surface area (Å²) in [5.74, 6) is -1.23. The maximum absolute atomic E-state index is 13.2. The standard InChI is InChI=1S/C26H25N3O5S/c1-16-13-17(2)15-20(14-16)28-25(30)23(19-9-5-4-6-10-19)34-26(31)18(3)27-24-21-11-7-8-12-22(21)35(32,33)29-24/h4-15,18,23H,1-3H3,(H,27,29)(H,28,30)/t18-,23-/m0/s1. The lowest BCUT2D eigenvalue weighted by Crippen LogP contribution is -2.31. The monoisotopic (exact) mass is 491 g/mol. The zero-order valence-electron chi connectivity index (χ0n) is 19.5. The number of carbonyl (C=O) groups excluding carboxylic acids is 2. The molecule has 4 rings (SSSR count). The number of amidine groups is 1. The Labute approximate surface area is 204 Å². The van der Waals surface area contributed by atoms with Gasteiger partial charge in [-0.1, -0.05) is 48.5 Å². The van der Waals surface area contributed by atoms with Crippen LogP contribution >= 0.6 is 0 Å². The number of fused-ring (bicyclic) bond motifs is 1. The fourth-order valence-electron chi connectivity index (χ4n) is 3.85. The van der Waals surface area contributed by atoms with Crippen LogP contribution in [0.15, 0.2) is 82.7 Å². The Morgan fingerprint density at radius 3 is 2.26 bits per heavy atom. The van der Waals surface area contributed by atoms with E-state index in [2.05, 4.69) is 15.0 Å². The molecule has 9 heteroatoms. The molecule has 0 fully saturated rings. The van der Waals surface area contributed by atoms with Gasteiger partial charge in [-0.2, -0.15) is 0 Å². The normalized spacial score (nSPS) is 16.6. The fourth-order valence-corrected chi connectivity index (χ4v) is 5.09.